The molecule has 0 N–H and O–H groups in total. The van der Waals surface area contributed by atoms with Crippen molar-refractivity contribution in [3.8, 4) is 17.6 Å². The Bertz CT molecular complexity index is 1160. The zero-order valence-electron chi connectivity index (χ0n) is 17.1. The van der Waals surface area contributed by atoms with Crippen molar-refractivity contribution in [3.05, 3.63) is 27.6 Å². The maximum Gasteiger partial charge on any atom is 0.181 e. The Morgan fingerprint density at radius 2 is 2.16 bits per heavy atom. The molecule has 8 nitrogen and oxygen atoms in total. The van der Waals surface area contributed by atoms with Crippen molar-refractivity contribution in [3.63, 3.8) is 0 Å². The Kier molecular flexibility index (Phi) is 6.13. The molecule has 1 aliphatic carbocycles. The van der Waals surface area contributed by atoms with Crippen molar-refractivity contribution in [2.75, 3.05) is 24.7 Å². The predicted octanol–water partition coefficient (Wildman–Crippen LogP) is 4.55. The molecule has 0 aromatic carbocycles. The van der Waals surface area contributed by atoms with Crippen LogP contribution in [0.15, 0.2) is 18.3 Å². The van der Waals surface area contributed by atoms with Crippen LogP contribution in [0.5, 0.6) is 0 Å². The molecule has 0 spiro atoms. The molecule has 0 amide bonds. The quantitative estimate of drug-likeness (QED) is 0.302. The lowest BCUT2D eigenvalue weighted by Gasteiger charge is -2.35. The van der Waals surface area contributed by atoms with E-state index in [0.29, 0.717) is 19.6 Å². The van der Waals surface area contributed by atoms with Crippen molar-refractivity contribution < 1.29 is 4.74 Å². The Balaban J connectivity index is 1.80. The van der Waals surface area contributed by atoms with Gasteiger partial charge in [0.05, 0.1) is 43.3 Å². The molecule has 1 saturated heterocycles. The molecule has 1 saturated carbocycles. The van der Waals surface area contributed by atoms with Crippen LogP contribution >= 0.6 is 51.0 Å². The first-order chi connectivity index (χ1) is 15.1. The zero-order chi connectivity index (χ0) is 21.6. The van der Waals surface area contributed by atoms with E-state index in [-0.39, 0.29) is 6.04 Å². The lowest BCUT2D eigenvalue weighted by molar-refractivity contribution is 0.0984. The predicted molar refractivity (Wildman–Crippen MR) is 138 cm³/mol. The lowest BCUT2D eigenvalue weighted by atomic mass is 9.80. The summed E-state index contributed by atoms with van der Waals surface area (Å²) in [5, 5.41) is 19.8. The standard InChI is InChI=1S/C20H22I2N7OP/c1-13-11-30-9-8-27(13)16-10-14(20(12-23)5-2-3-6-20)17-18(21)25-19(28(17)26-16)15-4-7-24-29(15)31-22/h4,7,10,13,31H,2-3,5-6,8-9,11H2,1H3/t13-/m1/s1. The van der Waals surface area contributed by atoms with Crippen LogP contribution < -0.4 is 4.90 Å². The molecule has 5 rings (SSSR count). The fourth-order valence-electron chi connectivity index (χ4n) is 4.74. The molecule has 2 atom stereocenters. The number of anilines is 1. The Morgan fingerprint density at radius 3 is 2.87 bits per heavy atom. The van der Waals surface area contributed by atoms with Crippen LogP contribution in [0.25, 0.3) is 17.0 Å². The number of nitrogens with zero attached hydrogens (tertiary/aromatic N) is 7. The Labute approximate surface area is 209 Å². The molecule has 11 heteroatoms. The fourth-order valence-corrected chi connectivity index (χ4v) is 7.01. The van der Waals surface area contributed by atoms with E-state index in [0.717, 1.165) is 64.3 Å². The third-order valence-electron chi connectivity index (χ3n) is 6.34. The van der Waals surface area contributed by atoms with Crippen LogP contribution in [-0.4, -0.2) is 49.9 Å². The summed E-state index contributed by atoms with van der Waals surface area (Å²) in [4.78, 5) is 7.21. The molecule has 0 radical (unpaired) electrons. The van der Waals surface area contributed by atoms with Crippen LogP contribution in [0.2, 0.25) is 0 Å². The van der Waals surface area contributed by atoms with Crippen molar-refractivity contribution in [2.24, 2.45) is 0 Å². The monoisotopic (exact) mass is 661 g/mol. The lowest BCUT2D eigenvalue weighted by Crippen LogP contribution is -2.44. The SMILES string of the molecule is C[C@@H]1COCCN1c1cc(C2(C#N)CCCC2)c2c(I)nc(-c3ccnn3PI)n2n1. The zero-order valence-corrected chi connectivity index (χ0v) is 22.4. The van der Waals surface area contributed by atoms with Gasteiger partial charge in [0, 0.05) is 12.1 Å². The van der Waals surface area contributed by atoms with Crippen molar-refractivity contribution in [2.45, 2.75) is 44.1 Å². The van der Waals surface area contributed by atoms with E-state index in [1.807, 2.05) is 15.0 Å². The van der Waals surface area contributed by atoms with Gasteiger partial charge in [-0.2, -0.15) is 10.4 Å². The van der Waals surface area contributed by atoms with Gasteiger partial charge in [-0.05, 0) is 76.5 Å². The number of ether oxygens (including phenoxy) is 1. The summed E-state index contributed by atoms with van der Waals surface area (Å²) < 4.78 is 10.4. The molecule has 3 aromatic heterocycles. The highest BCUT2D eigenvalue weighted by atomic mass is 127. The summed E-state index contributed by atoms with van der Waals surface area (Å²) in [7, 11) is 0. The highest BCUT2D eigenvalue weighted by Gasteiger charge is 2.40. The normalized spacial score (nSPS) is 21.4. The van der Waals surface area contributed by atoms with E-state index in [9.17, 15) is 5.26 Å². The minimum Gasteiger partial charge on any atom is -0.377 e. The van der Waals surface area contributed by atoms with Gasteiger partial charge in [-0.3, -0.25) is 0 Å². The minimum absolute atomic E-state index is 0.223. The van der Waals surface area contributed by atoms with Gasteiger partial charge in [0.15, 0.2) is 5.82 Å². The topological polar surface area (TPSA) is 84.3 Å². The summed E-state index contributed by atoms with van der Waals surface area (Å²) in [6.07, 6.45) is 6.18. The van der Waals surface area contributed by atoms with Gasteiger partial charge in [-0.25, -0.2) is 14.0 Å². The number of nitriles is 1. The largest absolute Gasteiger partial charge is 0.377 e. The van der Waals surface area contributed by atoms with Gasteiger partial charge in [-0.15, -0.1) is 5.10 Å². The van der Waals surface area contributed by atoms with Crippen LogP contribution in [0.3, 0.4) is 0 Å². The summed E-state index contributed by atoms with van der Waals surface area (Å²) in [5.74, 6) is 1.66. The molecule has 2 aliphatic rings. The van der Waals surface area contributed by atoms with Gasteiger partial charge in [0.25, 0.3) is 0 Å². The number of fused-ring (bicyclic) bond motifs is 1. The van der Waals surface area contributed by atoms with E-state index in [4.69, 9.17) is 14.8 Å². The Morgan fingerprint density at radius 1 is 1.35 bits per heavy atom. The third-order valence-corrected chi connectivity index (χ3v) is 8.98. The summed E-state index contributed by atoms with van der Waals surface area (Å²) in [6.45, 7) is 4.30. The minimum atomic E-state index is -0.489. The second-order valence-electron chi connectivity index (χ2n) is 8.13. The average molecular weight is 661 g/mol. The average Bonchev–Trinajstić information content (AvgIpc) is 3.52. The maximum atomic E-state index is 10.3. The summed E-state index contributed by atoms with van der Waals surface area (Å²) in [5.41, 5.74) is 2.46. The second-order valence-corrected chi connectivity index (χ2v) is 11.2. The van der Waals surface area contributed by atoms with Gasteiger partial charge in [-0.1, -0.05) is 12.8 Å². The van der Waals surface area contributed by atoms with E-state index in [1.165, 1.54) is 0 Å². The van der Waals surface area contributed by atoms with Crippen LogP contribution in [0, 0.1) is 15.0 Å². The third kappa shape index (κ3) is 3.65. The van der Waals surface area contributed by atoms with Crippen LogP contribution in [-0.2, 0) is 10.2 Å². The number of hydrogen-bond acceptors (Lipinski definition) is 6. The summed E-state index contributed by atoms with van der Waals surface area (Å²) >= 11 is 4.62. The number of halogens is 2. The number of aromatic nitrogens is 5. The number of imidazole rings is 1. The molecule has 1 aliphatic heterocycles. The van der Waals surface area contributed by atoms with E-state index < -0.39 is 5.41 Å². The first-order valence-corrected chi connectivity index (χ1v) is 15.5. The number of morpholine rings is 1. The Hall–Kier alpha value is -1.03. The number of hydrogen-bond donors (Lipinski definition) is 0. The molecule has 4 heterocycles. The van der Waals surface area contributed by atoms with E-state index in [1.54, 1.807) is 6.20 Å². The van der Waals surface area contributed by atoms with Crippen molar-refractivity contribution in [1.29, 1.82) is 5.26 Å². The van der Waals surface area contributed by atoms with Gasteiger partial charge in [0.2, 0.25) is 0 Å². The van der Waals surface area contributed by atoms with E-state index in [2.05, 4.69) is 73.7 Å². The number of rotatable bonds is 4. The molecule has 162 valence electrons. The van der Waals surface area contributed by atoms with Crippen molar-refractivity contribution in [1.82, 2.24) is 24.1 Å². The highest BCUT2D eigenvalue weighted by Crippen LogP contribution is 2.45. The smallest absolute Gasteiger partial charge is 0.181 e. The molecule has 1 unspecified atom stereocenters. The molecule has 2 fully saturated rings. The molecular weight excluding hydrogens is 639 g/mol. The van der Waals surface area contributed by atoms with E-state index >= 15 is 0 Å². The fraction of sp³-hybridized carbons (Fsp3) is 0.500. The highest BCUT2D eigenvalue weighted by molar-refractivity contribution is 14.2. The molecule has 31 heavy (non-hydrogen) atoms. The first kappa shape index (κ1) is 21.8. The van der Waals surface area contributed by atoms with Crippen LogP contribution in [0.1, 0.15) is 38.2 Å². The maximum absolute atomic E-state index is 10.3. The van der Waals surface area contributed by atoms with Gasteiger partial charge in [0.1, 0.15) is 20.7 Å². The van der Waals surface area contributed by atoms with Gasteiger partial charge >= 0.3 is 0 Å². The molecule has 3 aromatic rings. The second kappa shape index (κ2) is 8.72. The van der Waals surface area contributed by atoms with Crippen molar-refractivity contribution >= 4 is 62.3 Å². The summed E-state index contributed by atoms with van der Waals surface area (Å²) in [6, 6.07) is 7.04. The molecular formula is C20H22I2N7OP. The van der Waals surface area contributed by atoms with Gasteiger partial charge < -0.3 is 9.64 Å². The first-order valence-electron chi connectivity index (χ1n) is 10.3. The molecule has 0 bridgehead atoms. The van der Waals surface area contributed by atoms with Crippen LogP contribution in [0.4, 0.5) is 5.82 Å².